The summed E-state index contributed by atoms with van der Waals surface area (Å²) in [5.74, 6) is 1.00. The molecule has 3 rings (SSSR count). The lowest BCUT2D eigenvalue weighted by atomic mass is 9.99. The third-order valence-corrected chi connectivity index (χ3v) is 4.42. The molecule has 2 aromatic rings. The van der Waals surface area contributed by atoms with Crippen LogP contribution in [-0.2, 0) is 13.0 Å². The molecule has 0 saturated heterocycles. The summed E-state index contributed by atoms with van der Waals surface area (Å²) in [5.41, 5.74) is 3.67. The van der Waals surface area contributed by atoms with Crippen LogP contribution in [-0.4, -0.2) is 26.0 Å². The topological polar surface area (TPSA) is 30.7 Å². The van der Waals surface area contributed by atoms with Crippen LogP contribution in [0, 0.1) is 0 Å². The van der Waals surface area contributed by atoms with Crippen LogP contribution in [0.25, 0.3) is 0 Å². The molecule has 2 aromatic carbocycles. The second kappa shape index (κ2) is 8.14. The lowest BCUT2D eigenvalue weighted by molar-refractivity contribution is -0.915. The maximum Gasteiger partial charge on any atom is 0.168 e. The van der Waals surface area contributed by atoms with Gasteiger partial charge in [0.25, 0.3) is 0 Å². The highest BCUT2D eigenvalue weighted by atomic mass is 35.5. The van der Waals surface area contributed by atoms with Crippen molar-refractivity contribution in [3.05, 3.63) is 65.2 Å². The number of halogens is 1. The Morgan fingerprint density at radius 3 is 2.48 bits per heavy atom. The van der Waals surface area contributed by atoms with E-state index in [1.165, 1.54) is 16.0 Å². The molecule has 1 aliphatic heterocycles. The van der Waals surface area contributed by atoms with Crippen molar-refractivity contribution in [2.45, 2.75) is 19.4 Å². The molecule has 1 aliphatic rings. The van der Waals surface area contributed by atoms with Gasteiger partial charge in [-0.15, -0.1) is 0 Å². The van der Waals surface area contributed by atoms with E-state index in [0.29, 0.717) is 6.42 Å². The van der Waals surface area contributed by atoms with E-state index in [9.17, 15) is 4.79 Å². The molecule has 1 N–H and O–H groups in total. The summed E-state index contributed by atoms with van der Waals surface area (Å²) in [6, 6.07) is 16.0. The van der Waals surface area contributed by atoms with Gasteiger partial charge < -0.3 is 22.0 Å². The van der Waals surface area contributed by atoms with Crippen molar-refractivity contribution in [3.8, 4) is 5.75 Å². The van der Waals surface area contributed by atoms with Crippen LogP contribution in [0.4, 0.5) is 0 Å². The molecular formula is C19H22ClNO2. The van der Waals surface area contributed by atoms with Crippen molar-refractivity contribution in [2.24, 2.45) is 0 Å². The lowest BCUT2D eigenvalue weighted by Crippen LogP contribution is -3.11. The first-order valence-electron chi connectivity index (χ1n) is 7.84. The van der Waals surface area contributed by atoms with Crippen LogP contribution in [0.2, 0.25) is 0 Å². The van der Waals surface area contributed by atoms with Crippen molar-refractivity contribution in [1.29, 1.82) is 0 Å². The van der Waals surface area contributed by atoms with Gasteiger partial charge in [0, 0.05) is 17.5 Å². The molecule has 0 fully saturated rings. The van der Waals surface area contributed by atoms with Gasteiger partial charge in [-0.1, -0.05) is 24.3 Å². The number of Topliss-reactive ketones (excluding diaryl/α,β-unsaturated/α-hetero) is 1. The van der Waals surface area contributed by atoms with Gasteiger partial charge in [-0.2, -0.15) is 0 Å². The fourth-order valence-electron chi connectivity index (χ4n) is 3.07. The Morgan fingerprint density at radius 1 is 1.09 bits per heavy atom. The average molecular weight is 332 g/mol. The molecule has 0 bridgehead atoms. The average Bonchev–Trinajstić information content (AvgIpc) is 2.59. The van der Waals surface area contributed by atoms with Crippen LogP contribution in [0.15, 0.2) is 48.5 Å². The molecule has 1 atom stereocenters. The number of carbonyl (C=O) groups excluding carboxylic acids is 1. The van der Waals surface area contributed by atoms with Gasteiger partial charge in [0.05, 0.1) is 26.6 Å². The van der Waals surface area contributed by atoms with Crippen LogP contribution in [0.3, 0.4) is 0 Å². The minimum absolute atomic E-state index is 0. The molecule has 0 amide bonds. The minimum atomic E-state index is 0. The number of ether oxygens (including phenoxy) is 1. The molecule has 1 unspecified atom stereocenters. The number of hydrogen-bond donors (Lipinski definition) is 1. The van der Waals surface area contributed by atoms with E-state index in [0.717, 1.165) is 37.4 Å². The molecule has 0 radical (unpaired) electrons. The lowest BCUT2D eigenvalue weighted by Gasteiger charge is -2.25. The standard InChI is InChI=1S/C19H21NO2.ClH/c1-22-18-8-6-16(7-9-18)19(21)11-13-20-12-10-15-4-2-3-5-17(15)14-20;/h2-9H,10-14H2,1H3;1H. The van der Waals surface area contributed by atoms with Gasteiger partial charge in [-0.05, 0) is 29.8 Å². The van der Waals surface area contributed by atoms with E-state index < -0.39 is 0 Å². The van der Waals surface area contributed by atoms with Gasteiger partial charge in [0.1, 0.15) is 12.3 Å². The number of ketones is 1. The third-order valence-electron chi connectivity index (χ3n) is 4.42. The number of hydrogen-bond acceptors (Lipinski definition) is 2. The van der Waals surface area contributed by atoms with Gasteiger partial charge in [0.15, 0.2) is 5.78 Å². The Morgan fingerprint density at radius 2 is 1.78 bits per heavy atom. The molecule has 0 spiro atoms. The highest BCUT2D eigenvalue weighted by Crippen LogP contribution is 2.13. The maximum atomic E-state index is 12.3. The zero-order valence-electron chi connectivity index (χ0n) is 13.3. The molecule has 1 heterocycles. The molecule has 4 heteroatoms. The number of carbonyl (C=O) groups is 1. The Bertz CT molecular complexity index is 655. The Kier molecular flexibility index (Phi) is 6.20. The number of methoxy groups -OCH3 is 1. The zero-order chi connectivity index (χ0) is 15.4. The third kappa shape index (κ3) is 4.34. The van der Waals surface area contributed by atoms with Gasteiger partial charge in [-0.25, -0.2) is 0 Å². The Balaban J connectivity index is 0.00000192. The summed E-state index contributed by atoms with van der Waals surface area (Å²) in [5, 5.41) is 0. The summed E-state index contributed by atoms with van der Waals surface area (Å²) in [7, 11) is 1.63. The predicted octanol–water partition coefficient (Wildman–Crippen LogP) is -1.09. The summed E-state index contributed by atoms with van der Waals surface area (Å²) < 4.78 is 5.12. The first kappa shape index (κ1) is 17.5. The quantitative estimate of drug-likeness (QED) is 0.706. The highest BCUT2D eigenvalue weighted by molar-refractivity contribution is 5.96. The number of quaternary nitrogens is 1. The van der Waals surface area contributed by atoms with Gasteiger partial charge in [-0.3, -0.25) is 4.79 Å². The van der Waals surface area contributed by atoms with Crippen molar-refractivity contribution in [1.82, 2.24) is 0 Å². The maximum absolute atomic E-state index is 12.3. The van der Waals surface area contributed by atoms with Crippen LogP contribution >= 0.6 is 0 Å². The Hall–Kier alpha value is -1.84. The number of nitrogens with one attached hydrogen (secondary N) is 1. The summed E-state index contributed by atoms with van der Waals surface area (Å²) in [4.78, 5) is 13.8. The monoisotopic (exact) mass is 331 g/mol. The second-order valence-corrected chi connectivity index (χ2v) is 5.85. The fourth-order valence-corrected chi connectivity index (χ4v) is 3.07. The number of benzene rings is 2. The molecular weight excluding hydrogens is 310 g/mol. The van der Waals surface area contributed by atoms with Crippen LogP contribution in [0.5, 0.6) is 5.75 Å². The van der Waals surface area contributed by atoms with E-state index in [1.807, 2.05) is 24.3 Å². The normalized spacial score (nSPS) is 16.1. The Labute approximate surface area is 143 Å². The van der Waals surface area contributed by atoms with Gasteiger partial charge >= 0.3 is 0 Å². The van der Waals surface area contributed by atoms with Crippen LogP contribution in [0.1, 0.15) is 27.9 Å². The van der Waals surface area contributed by atoms with Crippen molar-refractivity contribution in [2.75, 3.05) is 20.2 Å². The fraction of sp³-hybridized carbons (Fsp3) is 0.316. The first-order valence-corrected chi connectivity index (χ1v) is 7.84. The first-order chi connectivity index (χ1) is 10.8. The number of rotatable bonds is 5. The van der Waals surface area contributed by atoms with Crippen molar-refractivity contribution in [3.63, 3.8) is 0 Å². The largest absolute Gasteiger partial charge is 1.00 e. The SMILES string of the molecule is COc1ccc(C(=O)CC[NH+]2CCc3ccccc3C2)cc1.[Cl-]. The predicted molar refractivity (Wildman–Crippen MR) is 86.5 cm³/mol. The second-order valence-electron chi connectivity index (χ2n) is 5.85. The van der Waals surface area contributed by atoms with E-state index in [-0.39, 0.29) is 18.2 Å². The zero-order valence-corrected chi connectivity index (χ0v) is 14.1. The molecule has 0 aliphatic carbocycles. The number of fused-ring (bicyclic) bond motifs is 1. The van der Waals surface area contributed by atoms with E-state index in [4.69, 9.17) is 4.74 Å². The van der Waals surface area contributed by atoms with E-state index >= 15 is 0 Å². The molecule has 3 nitrogen and oxygen atoms in total. The molecule has 0 saturated carbocycles. The van der Waals surface area contributed by atoms with Gasteiger partial charge in [0.2, 0.25) is 0 Å². The summed E-state index contributed by atoms with van der Waals surface area (Å²) in [6.07, 6.45) is 1.71. The molecule has 122 valence electrons. The molecule has 23 heavy (non-hydrogen) atoms. The minimum Gasteiger partial charge on any atom is -1.00 e. The summed E-state index contributed by atoms with van der Waals surface area (Å²) >= 11 is 0. The summed E-state index contributed by atoms with van der Waals surface area (Å²) in [6.45, 7) is 3.05. The van der Waals surface area contributed by atoms with E-state index in [2.05, 4.69) is 24.3 Å². The van der Waals surface area contributed by atoms with Crippen molar-refractivity contribution >= 4 is 5.78 Å². The van der Waals surface area contributed by atoms with E-state index in [1.54, 1.807) is 7.11 Å². The highest BCUT2D eigenvalue weighted by Gasteiger charge is 2.19. The molecule has 0 aromatic heterocycles. The smallest absolute Gasteiger partial charge is 0.168 e. The van der Waals surface area contributed by atoms with Crippen molar-refractivity contribution < 1.29 is 26.8 Å². The van der Waals surface area contributed by atoms with Crippen LogP contribution < -0.4 is 22.0 Å².